The zero-order valence-corrected chi connectivity index (χ0v) is 13.9. The third-order valence-electron chi connectivity index (χ3n) is 3.51. The molecule has 0 aliphatic heterocycles. The second-order valence-electron chi connectivity index (χ2n) is 5.79. The van der Waals surface area contributed by atoms with Gasteiger partial charge in [-0.2, -0.15) is 0 Å². The van der Waals surface area contributed by atoms with Crippen molar-refractivity contribution in [3.63, 3.8) is 0 Å². The van der Waals surface area contributed by atoms with Gasteiger partial charge in [-0.05, 0) is 30.2 Å². The fraction of sp³-hybridized carbons (Fsp3) is 0.222. The first-order valence-corrected chi connectivity index (χ1v) is 8.34. The number of thiazole rings is 1. The molecule has 0 saturated heterocycles. The van der Waals surface area contributed by atoms with Crippen LogP contribution in [0.3, 0.4) is 0 Å². The number of para-hydroxylation sites is 2. The Morgan fingerprint density at radius 2 is 2.00 bits per heavy atom. The number of carboxylic acids is 1. The molecule has 3 rings (SSSR count). The number of hydrogen-bond acceptors (Lipinski definition) is 4. The van der Waals surface area contributed by atoms with Crippen molar-refractivity contribution in [3.8, 4) is 10.6 Å². The highest BCUT2D eigenvalue weighted by atomic mass is 32.1. The lowest BCUT2D eigenvalue weighted by atomic mass is 10.1. The van der Waals surface area contributed by atoms with Crippen LogP contribution < -0.4 is 5.32 Å². The number of aromatic carboxylic acids is 1. The van der Waals surface area contributed by atoms with E-state index in [1.165, 1.54) is 0 Å². The summed E-state index contributed by atoms with van der Waals surface area (Å²) in [6, 6.07) is 13.3. The van der Waals surface area contributed by atoms with Crippen LogP contribution in [0.5, 0.6) is 0 Å². The Morgan fingerprint density at radius 1 is 1.22 bits per heavy atom. The van der Waals surface area contributed by atoms with E-state index in [0.717, 1.165) is 20.8 Å². The molecule has 2 N–H and O–H groups in total. The summed E-state index contributed by atoms with van der Waals surface area (Å²) in [5.41, 5.74) is 2.70. The van der Waals surface area contributed by atoms with Gasteiger partial charge in [0.05, 0.1) is 21.5 Å². The highest BCUT2D eigenvalue weighted by molar-refractivity contribution is 7.21. The summed E-state index contributed by atoms with van der Waals surface area (Å²) in [5, 5.41) is 13.6. The van der Waals surface area contributed by atoms with Crippen molar-refractivity contribution in [1.82, 2.24) is 4.98 Å². The van der Waals surface area contributed by atoms with E-state index in [0.29, 0.717) is 18.2 Å². The van der Waals surface area contributed by atoms with Gasteiger partial charge in [0.15, 0.2) is 0 Å². The maximum Gasteiger partial charge on any atom is 0.337 e. The second-order valence-corrected chi connectivity index (χ2v) is 6.83. The fourth-order valence-electron chi connectivity index (χ4n) is 2.39. The molecular formula is C18H18N2O2S. The van der Waals surface area contributed by atoms with E-state index in [1.807, 2.05) is 30.3 Å². The Bertz CT molecular complexity index is 822. The predicted molar refractivity (Wildman–Crippen MR) is 95.3 cm³/mol. The van der Waals surface area contributed by atoms with E-state index < -0.39 is 5.97 Å². The normalized spacial score (nSPS) is 11.1. The lowest BCUT2D eigenvalue weighted by Gasteiger charge is -2.15. The van der Waals surface area contributed by atoms with E-state index in [-0.39, 0.29) is 5.56 Å². The van der Waals surface area contributed by atoms with Crippen LogP contribution in [0.1, 0.15) is 24.2 Å². The van der Waals surface area contributed by atoms with Crippen molar-refractivity contribution in [2.24, 2.45) is 5.92 Å². The third kappa shape index (κ3) is 3.19. The van der Waals surface area contributed by atoms with Gasteiger partial charge < -0.3 is 10.4 Å². The first-order chi connectivity index (χ1) is 11.1. The van der Waals surface area contributed by atoms with E-state index in [1.54, 1.807) is 23.5 Å². The molecule has 0 aliphatic rings. The smallest absolute Gasteiger partial charge is 0.337 e. The predicted octanol–water partition coefficient (Wildman–Crippen LogP) is 4.73. The van der Waals surface area contributed by atoms with Crippen LogP contribution in [0.25, 0.3) is 20.8 Å². The molecule has 0 radical (unpaired) electrons. The number of rotatable bonds is 5. The Morgan fingerprint density at radius 3 is 2.70 bits per heavy atom. The van der Waals surface area contributed by atoms with Gasteiger partial charge in [0, 0.05) is 12.1 Å². The van der Waals surface area contributed by atoms with Gasteiger partial charge in [-0.1, -0.05) is 32.0 Å². The van der Waals surface area contributed by atoms with Gasteiger partial charge >= 0.3 is 5.97 Å². The number of hydrogen-bond donors (Lipinski definition) is 2. The average molecular weight is 326 g/mol. The molecule has 0 spiro atoms. The van der Waals surface area contributed by atoms with E-state index in [2.05, 4.69) is 24.1 Å². The van der Waals surface area contributed by atoms with Crippen LogP contribution in [0.2, 0.25) is 0 Å². The summed E-state index contributed by atoms with van der Waals surface area (Å²) in [5.74, 6) is -0.515. The number of carboxylic acid groups (broad SMARTS) is 1. The summed E-state index contributed by atoms with van der Waals surface area (Å²) in [7, 11) is 0. The lowest BCUT2D eigenvalue weighted by Crippen LogP contribution is -2.12. The molecule has 0 saturated carbocycles. The van der Waals surface area contributed by atoms with Gasteiger partial charge in [-0.15, -0.1) is 11.3 Å². The van der Waals surface area contributed by atoms with Crippen molar-refractivity contribution in [2.45, 2.75) is 13.8 Å². The topological polar surface area (TPSA) is 62.2 Å². The van der Waals surface area contributed by atoms with Crippen molar-refractivity contribution in [3.05, 3.63) is 48.0 Å². The number of benzene rings is 2. The summed E-state index contributed by atoms with van der Waals surface area (Å²) in [4.78, 5) is 16.2. The Kier molecular flexibility index (Phi) is 4.30. The Balaban J connectivity index is 2.13. The number of aromatic nitrogens is 1. The third-order valence-corrected chi connectivity index (χ3v) is 4.58. The van der Waals surface area contributed by atoms with Gasteiger partial charge in [0.1, 0.15) is 5.01 Å². The number of anilines is 1. The van der Waals surface area contributed by atoms with E-state index in [9.17, 15) is 9.90 Å². The minimum Gasteiger partial charge on any atom is -0.478 e. The highest BCUT2D eigenvalue weighted by Gasteiger charge is 2.17. The van der Waals surface area contributed by atoms with Crippen molar-refractivity contribution in [2.75, 3.05) is 11.9 Å². The minimum atomic E-state index is -0.931. The maximum atomic E-state index is 11.6. The van der Waals surface area contributed by atoms with Crippen molar-refractivity contribution >= 4 is 33.2 Å². The molecule has 23 heavy (non-hydrogen) atoms. The van der Waals surface area contributed by atoms with E-state index >= 15 is 0 Å². The Labute approximate surface area is 138 Å². The summed E-state index contributed by atoms with van der Waals surface area (Å²) < 4.78 is 1.10. The molecule has 0 atom stereocenters. The van der Waals surface area contributed by atoms with Crippen molar-refractivity contribution < 1.29 is 9.90 Å². The molecule has 2 aromatic carbocycles. The first kappa shape index (κ1) is 15.5. The molecule has 0 amide bonds. The quantitative estimate of drug-likeness (QED) is 0.711. The molecule has 0 bridgehead atoms. The first-order valence-electron chi connectivity index (χ1n) is 7.52. The molecule has 0 aliphatic carbocycles. The fourth-order valence-corrected chi connectivity index (χ4v) is 3.39. The largest absolute Gasteiger partial charge is 0.478 e. The van der Waals surface area contributed by atoms with Crippen LogP contribution in [0.15, 0.2) is 42.5 Å². The maximum absolute atomic E-state index is 11.6. The number of nitrogens with zero attached hydrogens (tertiary/aromatic N) is 1. The number of fused-ring (bicyclic) bond motifs is 1. The SMILES string of the molecule is CC(C)CNc1c(C(=O)O)cccc1-c1nc2ccccc2s1. The van der Waals surface area contributed by atoms with Gasteiger partial charge in [0.25, 0.3) is 0 Å². The van der Waals surface area contributed by atoms with Gasteiger partial charge in [-0.25, -0.2) is 9.78 Å². The van der Waals surface area contributed by atoms with Gasteiger partial charge in [-0.3, -0.25) is 0 Å². The second kappa shape index (κ2) is 6.38. The zero-order chi connectivity index (χ0) is 16.4. The standard InChI is InChI=1S/C18H18N2O2S/c1-11(2)10-19-16-12(6-5-7-13(16)18(21)22)17-20-14-8-3-4-9-15(14)23-17/h3-9,11,19H,10H2,1-2H3,(H,21,22). The highest BCUT2D eigenvalue weighted by Crippen LogP contribution is 2.36. The Hall–Kier alpha value is -2.40. The monoisotopic (exact) mass is 326 g/mol. The molecular weight excluding hydrogens is 308 g/mol. The molecule has 0 fully saturated rings. The summed E-state index contributed by atoms with van der Waals surface area (Å²) in [6.07, 6.45) is 0. The van der Waals surface area contributed by atoms with Crippen molar-refractivity contribution in [1.29, 1.82) is 0 Å². The summed E-state index contributed by atoms with van der Waals surface area (Å²) in [6.45, 7) is 4.89. The van der Waals surface area contributed by atoms with Crippen LogP contribution in [-0.4, -0.2) is 22.6 Å². The molecule has 1 heterocycles. The van der Waals surface area contributed by atoms with Crippen LogP contribution >= 0.6 is 11.3 Å². The van der Waals surface area contributed by atoms with Crippen LogP contribution in [0, 0.1) is 5.92 Å². The number of carbonyl (C=O) groups is 1. The zero-order valence-electron chi connectivity index (χ0n) is 13.0. The molecule has 1 aromatic heterocycles. The molecule has 3 aromatic rings. The minimum absolute atomic E-state index is 0.280. The van der Waals surface area contributed by atoms with E-state index in [4.69, 9.17) is 0 Å². The molecule has 118 valence electrons. The van der Waals surface area contributed by atoms with Crippen LogP contribution in [-0.2, 0) is 0 Å². The molecule has 0 unspecified atom stereocenters. The molecule has 4 nitrogen and oxygen atoms in total. The molecule has 5 heteroatoms. The summed E-state index contributed by atoms with van der Waals surface area (Å²) >= 11 is 1.58. The lowest BCUT2D eigenvalue weighted by molar-refractivity contribution is 0.0698. The number of nitrogens with one attached hydrogen (secondary N) is 1. The van der Waals surface area contributed by atoms with Crippen LogP contribution in [0.4, 0.5) is 5.69 Å². The van der Waals surface area contributed by atoms with Gasteiger partial charge in [0.2, 0.25) is 0 Å². The average Bonchev–Trinajstić information content (AvgIpc) is 2.96.